The van der Waals surface area contributed by atoms with Gasteiger partial charge in [-0.15, -0.1) is 0 Å². The highest BCUT2D eigenvalue weighted by atomic mass is 127. The molecule has 0 aliphatic rings. The van der Waals surface area contributed by atoms with E-state index < -0.39 is 11.9 Å². The summed E-state index contributed by atoms with van der Waals surface area (Å²) in [5.74, 6) is -0.131. The number of rotatable bonds is 8. The summed E-state index contributed by atoms with van der Waals surface area (Å²) in [6.07, 6.45) is 1.21. The van der Waals surface area contributed by atoms with Crippen LogP contribution in [0.3, 0.4) is 0 Å². The molecular formula is C13H15I2N7O2S. The Bertz CT molecular complexity index is 799. The number of anilines is 3. The average Bonchev–Trinajstić information content (AvgIpc) is 2.88. The summed E-state index contributed by atoms with van der Waals surface area (Å²) in [5.41, 5.74) is 11.8. The Morgan fingerprint density at radius 2 is 2.08 bits per heavy atom. The molecule has 6 N–H and O–H groups in total. The largest absolute Gasteiger partial charge is 0.364 e. The summed E-state index contributed by atoms with van der Waals surface area (Å²) < 4.78 is 5.59. The quantitative estimate of drug-likeness (QED) is 0.269. The number of nitrogens with one attached hydrogen (secondary N) is 2. The molecule has 0 aliphatic carbocycles. The fourth-order valence-corrected chi connectivity index (χ4v) is 3.76. The van der Waals surface area contributed by atoms with Gasteiger partial charge in [-0.1, -0.05) is 0 Å². The monoisotopic (exact) mass is 587 g/mol. The Morgan fingerprint density at radius 1 is 1.36 bits per heavy atom. The van der Waals surface area contributed by atoms with Crippen LogP contribution in [-0.2, 0) is 4.79 Å². The van der Waals surface area contributed by atoms with Gasteiger partial charge in [-0.25, -0.2) is 9.97 Å². The van der Waals surface area contributed by atoms with Crippen LogP contribution in [0.2, 0.25) is 0 Å². The molecule has 1 atom stereocenters. The first-order valence-corrected chi connectivity index (χ1v) is 9.98. The van der Waals surface area contributed by atoms with E-state index in [0.717, 1.165) is 20.6 Å². The zero-order chi connectivity index (χ0) is 18.6. The predicted molar refractivity (Wildman–Crippen MR) is 113 cm³/mol. The first kappa shape index (κ1) is 20.2. The van der Waals surface area contributed by atoms with Gasteiger partial charge in [-0.05, 0) is 76.6 Å². The summed E-state index contributed by atoms with van der Waals surface area (Å²) >= 11 is 5.32. The van der Waals surface area contributed by atoms with E-state index in [1.165, 1.54) is 11.5 Å². The number of hydrogen-bond acceptors (Lipinski definition) is 9. The number of carbonyl (C=O) groups excluding carboxylic acids is 2. The van der Waals surface area contributed by atoms with Crippen LogP contribution >= 0.6 is 56.7 Å². The number of aryl methyl sites for hydroxylation is 1. The first-order chi connectivity index (χ1) is 11.9. The maximum Gasteiger partial charge on any atom is 0.271 e. The Hall–Kier alpha value is -1.13. The van der Waals surface area contributed by atoms with Crippen molar-refractivity contribution in [2.24, 2.45) is 11.5 Å². The Labute approximate surface area is 175 Å². The number of primary amides is 1. The minimum absolute atomic E-state index is 0.0123. The van der Waals surface area contributed by atoms with Gasteiger partial charge in [0.2, 0.25) is 0 Å². The van der Waals surface area contributed by atoms with Gasteiger partial charge < -0.3 is 26.9 Å². The molecule has 0 fully saturated rings. The summed E-state index contributed by atoms with van der Waals surface area (Å²) in [7, 11) is 0. The summed E-state index contributed by atoms with van der Waals surface area (Å²) in [4.78, 5) is 31.5. The molecule has 1 unspecified atom stereocenters. The smallest absolute Gasteiger partial charge is 0.271 e. The Morgan fingerprint density at radius 3 is 2.60 bits per heavy atom. The van der Waals surface area contributed by atoms with Crippen LogP contribution in [0.15, 0.2) is 0 Å². The van der Waals surface area contributed by atoms with Crippen LogP contribution in [-0.4, -0.2) is 39.1 Å². The number of aldehydes is 1. The summed E-state index contributed by atoms with van der Waals surface area (Å²) in [5, 5.41) is 6.76. The van der Waals surface area contributed by atoms with E-state index in [2.05, 4.69) is 47.6 Å². The molecule has 0 aliphatic heterocycles. The standard InChI is InChI=1S/C13H15I2N7O2S/c1-5-7(14)13(25-22-5)21-11-8(10(17)24)19-9(15)12(20-11)18-6(4-23)2-3-16/h4,6H,2-3,16H2,1H3,(H2,17,24)(H2,18,20,21). The topological polar surface area (TPSA) is 149 Å². The highest BCUT2D eigenvalue weighted by Crippen LogP contribution is 2.30. The van der Waals surface area contributed by atoms with Gasteiger partial charge in [-0.3, -0.25) is 4.79 Å². The lowest BCUT2D eigenvalue weighted by Gasteiger charge is -2.16. The molecular weight excluding hydrogens is 572 g/mol. The van der Waals surface area contributed by atoms with Crippen LogP contribution in [0.1, 0.15) is 22.6 Å². The van der Waals surface area contributed by atoms with Gasteiger partial charge in [0.25, 0.3) is 5.91 Å². The van der Waals surface area contributed by atoms with Crippen LogP contribution in [0.25, 0.3) is 0 Å². The van der Waals surface area contributed by atoms with Crippen molar-refractivity contribution >= 4 is 85.5 Å². The average molecular weight is 587 g/mol. The zero-order valence-electron chi connectivity index (χ0n) is 13.0. The molecule has 0 spiro atoms. The molecule has 1 amide bonds. The minimum atomic E-state index is -0.704. The van der Waals surface area contributed by atoms with Crippen molar-refractivity contribution in [1.82, 2.24) is 14.3 Å². The van der Waals surface area contributed by atoms with Gasteiger partial charge in [0.15, 0.2) is 17.3 Å². The van der Waals surface area contributed by atoms with Crippen LogP contribution < -0.4 is 22.1 Å². The maximum absolute atomic E-state index is 11.7. The van der Waals surface area contributed by atoms with E-state index in [4.69, 9.17) is 11.5 Å². The Kier molecular flexibility index (Phi) is 7.26. The number of amides is 1. The second-order valence-electron chi connectivity index (χ2n) is 4.92. The molecule has 9 nitrogen and oxygen atoms in total. The van der Waals surface area contributed by atoms with Gasteiger partial charge >= 0.3 is 0 Å². The molecule has 12 heteroatoms. The third-order valence-corrected chi connectivity index (χ3v) is 6.37. The molecule has 134 valence electrons. The predicted octanol–water partition coefficient (Wildman–Crippen LogP) is 1.62. The molecule has 2 aromatic heterocycles. The first-order valence-electron chi connectivity index (χ1n) is 7.05. The molecule has 25 heavy (non-hydrogen) atoms. The summed E-state index contributed by atoms with van der Waals surface area (Å²) in [6, 6.07) is -0.495. The third-order valence-electron chi connectivity index (χ3n) is 3.07. The van der Waals surface area contributed by atoms with Crippen molar-refractivity contribution in [1.29, 1.82) is 0 Å². The van der Waals surface area contributed by atoms with Crippen molar-refractivity contribution in [2.45, 2.75) is 19.4 Å². The molecule has 0 saturated heterocycles. The molecule has 2 aromatic rings. The molecule has 2 rings (SSSR count). The number of nitrogens with two attached hydrogens (primary N) is 2. The normalized spacial score (nSPS) is 11.8. The van der Waals surface area contributed by atoms with Crippen LogP contribution in [0, 0.1) is 14.2 Å². The molecule has 0 saturated carbocycles. The fraction of sp³-hybridized carbons (Fsp3) is 0.308. The Balaban J connectivity index is 2.41. The number of nitrogens with zero attached hydrogens (tertiary/aromatic N) is 3. The van der Waals surface area contributed by atoms with E-state index in [1.54, 1.807) is 0 Å². The number of halogens is 2. The van der Waals surface area contributed by atoms with Crippen molar-refractivity contribution in [2.75, 3.05) is 17.2 Å². The second-order valence-corrected chi connectivity index (χ2v) is 7.80. The van der Waals surface area contributed by atoms with Crippen LogP contribution in [0.4, 0.5) is 16.6 Å². The molecule has 0 bridgehead atoms. The molecule has 0 aromatic carbocycles. The van der Waals surface area contributed by atoms with Gasteiger partial charge in [0.05, 0.1) is 15.3 Å². The lowest BCUT2D eigenvalue weighted by molar-refractivity contribution is -0.108. The van der Waals surface area contributed by atoms with E-state index in [1.807, 2.05) is 29.5 Å². The van der Waals surface area contributed by atoms with Crippen molar-refractivity contribution < 1.29 is 9.59 Å². The number of carbonyl (C=O) groups is 2. The maximum atomic E-state index is 11.7. The second kappa shape index (κ2) is 9.00. The zero-order valence-corrected chi connectivity index (χ0v) is 18.2. The van der Waals surface area contributed by atoms with E-state index in [9.17, 15) is 9.59 Å². The number of aromatic nitrogens is 3. The van der Waals surface area contributed by atoms with Gasteiger partial charge in [-0.2, -0.15) is 4.37 Å². The van der Waals surface area contributed by atoms with Crippen molar-refractivity contribution in [3.63, 3.8) is 0 Å². The number of hydrogen-bond donors (Lipinski definition) is 4. The highest BCUT2D eigenvalue weighted by molar-refractivity contribution is 14.1. The van der Waals surface area contributed by atoms with Crippen molar-refractivity contribution in [3.05, 3.63) is 18.7 Å². The van der Waals surface area contributed by atoms with Crippen LogP contribution in [0.5, 0.6) is 0 Å². The van der Waals surface area contributed by atoms with Gasteiger partial charge in [0, 0.05) is 0 Å². The third kappa shape index (κ3) is 4.95. The SMILES string of the molecule is Cc1nsc(Nc2nc(NC(C=O)CCN)c(I)nc2C(N)=O)c1I. The van der Waals surface area contributed by atoms with Crippen molar-refractivity contribution in [3.8, 4) is 0 Å². The lowest BCUT2D eigenvalue weighted by atomic mass is 10.2. The molecule has 2 heterocycles. The summed E-state index contributed by atoms with van der Waals surface area (Å²) in [6.45, 7) is 2.23. The molecule has 0 radical (unpaired) electrons. The van der Waals surface area contributed by atoms with E-state index in [-0.39, 0.29) is 11.5 Å². The lowest BCUT2D eigenvalue weighted by Crippen LogP contribution is -2.26. The fourth-order valence-electron chi connectivity index (χ4n) is 1.84. The van der Waals surface area contributed by atoms with Gasteiger partial charge in [0.1, 0.15) is 15.0 Å². The highest BCUT2D eigenvalue weighted by Gasteiger charge is 2.20. The van der Waals surface area contributed by atoms with E-state index >= 15 is 0 Å². The van der Waals surface area contributed by atoms with E-state index in [0.29, 0.717) is 22.5 Å². The minimum Gasteiger partial charge on any atom is -0.364 e.